The summed E-state index contributed by atoms with van der Waals surface area (Å²) in [4.78, 5) is 26.4. The van der Waals surface area contributed by atoms with E-state index in [1.807, 2.05) is 49.4 Å². The highest BCUT2D eigenvalue weighted by molar-refractivity contribution is 7.85. The van der Waals surface area contributed by atoms with E-state index in [9.17, 15) is 18.0 Å². The van der Waals surface area contributed by atoms with Crippen molar-refractivity contribution in [3.63, 3.8) is 0 Å². The van der Waals surface area contributed by atoms with Crippen LogP contribution in [-0.4, -0.2) is 37.1 Å². The zero-order chi connectivity index (χ0) is 33.6. The molecule has 0 spiro atoms. The third kappa shape index (κ3) is 9.53. The quantitative estimate of drug-likeness (QED) is 0.139. The second kappa shape index (κ2) is 15.3. The summed E-state index contributed by atoms with van der Waals surface area (Å²) in [6, 6.07) is 29.0. The van der Waals surface area contributed by atoms with E-state index in [1.165, 1.54) is 31.2 Å². The fourth-order valence-corrected chi connectivity index (χ4v) is 6.88. The monoisotopic (exact) mass is 672 g/mol. The Morgan fingerprint density at radius 1 is 0.894 bits per heavy atom. The summed E-state index contributed by atoms with van der Waals surface area (Å²) < 4.78 is 30.8. The van der Waals surface area contributed by atoms with E-state index in [0.29, 0.717) is 28.6 Å². The standard InChI is InChI=1S/C38H41ClN2O5S/c1-25-3-7-28(8-4-25)29-11-13-31(14-12-29)36(24-27-5-9-32(10-6-27)37(42)40-21-22-47(44,45)46)38(43)41-34-18-15-30(16-19-34)35-20-17-33(39)23-26(35)2/h5-6,9-20,23,25,28,36H,3-4,7-8,21-22,24H2,1-2H3,(H,40,42)(H,41,43)(H,44,45,46)/t25-,28-,36-/m1/s1. The average Bonchev–Trinajstić information content (AvgIpc) is 3.04. The van der Waals surface area contributed by atoms with Crippen molar-refractivity contribution >= 4 is 39.2 Å². The summed E-state index contributed by atoms with van der Waals surface area (Å²) in [5.41, 5.74) is 7.33. The van der Waals surface area contributed by atoms with Gasteiger partial charge in [-0.2, -0.15) is 8.42 Å². The van der Waals surface area contributed by atoms with Crippen molar-refractivity contribution in [2.75, 3.05) is 17.6 Å². The molecule has 0 bridgehead atoms. The average molecular weight is 673 g/mol. The molecule has 2 amide bonds. The summed E-state index contributed by atoms with van der Waals surface area (Å²) in [5.74, 6) is -0.298. The fraction of sp³-hybridized carbons (Fsp3) is 0.316. The van der Waals surface area contributed by atoms with Crippen LogP contribution in [-0.2, 0) is 21.3 Å². The lowest BCUT2D eigenvalue weighted by Gasteiger charge is -2.27. The molecule has 3 N–H and O–H groups in total. The van der Waals surface area contributed by atoms with E-state index in [1.54, 1.807) is 24.3 Å². The Bertz CT molecular complexity index is 1800. The van der Waals surface area contributed by atoms with Crippen LogP contribution in [0, 0.1) is 12.8 Å². The predicted molar refractivity (Wildman–Crippen MR) is 189 cm³/mol. The molecule has 4 aromatic carbocycles. The van der Waals surface area contributed by atoms with Crippen LogP contribution in [0.25, 0.3) is 11.1 Å². The van der Waals surface area contributed by atoms with Crippen molar-refractivity contribution in [2.45, 2.75) is 57.8 Å². The second-order valence-electron chi connectivity index (χ2n) is 12.6. The Labute approximate surface area is 282 Å². The maximum atomic E-state index is 13.9. The molecular formula is C38H41ClN2O5S. The van der Waals surface area contributed by atoms with Gasteiger partial charge in [0.15, 0.2) is 0 Å². The van der Waals surface area contributed by atoms with E-state index >= 15 is 0 Å². The maximum absolute atomic E-state index is 13.9. The number of carbonyl (C=O) groups excluding carboxylic acids is 2. The fourth-order valence-electron chi connectivity index (χ4n) is 6.29. The van der Waals surface area contributed by atoms with Crippen LogP contribution >= 0.6 is 11.6 Å². The Balaban J connectivity index is 1.33. The molecule has 0 radical (unpaired) electrons. The number of nitrogens with one attached hydrogen (secondary N) is 2. The molecule has 9 heteroatoms. The van der Waals surface area contributed by atoms with Gasteiger partial charge < -0.3 is 10.6 Å². The zero-order valence-electron chi connectivity index (χ0n) is 26.7. The van der Waals surface area contributed by atoms with Crippen LogP contribution < -0.4 is 10.6 Å². The number of rotatable bonds is 11. The van der Waals surface area contributed by atoms with Crippen LogP contribution in [0.3, 0.4) is 0 Å². The lowest BCUT2D eigenvalue weighted by Crippen LogP contribution is -2.28. The summed E-state index contributed by atoms with van der Waals surface area (Å²) in [5, 5.41) is 6.30. The van der Waals surface area contributed by atoms with Crippen LogP contribution in [0.15, 0.2) is 91.0 Å². The lowest BCUT2D eigenvalue weighted by atomic mass is 9.79. The number of benzene rings is 4. The molecule has 7 nitrogen and oxygen atoms in total. The Hall–Kier alpha value is -3.98. The summed E-state index contributed by atoms with van der Waals surface area (Å²) in [6.45, 7) is 4.14. The minimum atomic E-state index is -4.17. The number of hydrogen-bond acceptors (Lipinski definition) is 4. The number of halogens is 1. The van der Waals surface area contributed by atoms with Crippen molar-refractivity contribution < 1.29 is 22.6 Å². The Morgan fingerprint density at radius 2 is 1.55 bits per heavy atom. The van der Waals surface area contributed by atoms with Crippen LogP contribution in [0.4, 0.5) is 5.69 Å². The Kier molecular flexibility index (Phi) is 11.2. The highest BCUT2D eigenvalue weighted by Crippen LogP contribution is 2.36. The van der Waals surface area contributed by atoms with Gasteiger partial charge in [-0.3, -0.25) is 14.1 Å². The number of carbonyl (C=O) groups is 2. The molecule has 4 aromatic rings. The number of hydrogen-bond donors (Lipinski definition) is 3. The van der Waals surface area contributed by atoms with Gasteiger partial charge in [0.25, 0.3) is 16.0 Å². The van der Waals surface area contributed by atoms with Crippen LogP contribution in [0.1, 0.15) is 77.1 Å². The molecule has 0 saturated heterocycles. The van der Waals surface area contributed by atoms with Gasteiger partial charge in [-0.15, -0.1) is 0 Å². The van der Waals surface area contributed by atoms with Gasteiger partial charge in [-0.05, 0) is 108 Å². The molecule has 1 fully saturated rings. The number of amides is 2. The van der Waals surface area contributed by atoms with Gasteiger partial charge in [-0.25, -0.2) is 0 Å². The maximum Gasteiger partial charge on any atom is 0.266 e. The first kappa shape index (κ1) is 34.4. The summed E-state index contributed by atoms with van der Waals surface area (Å²) in [7, 11) is -4.17. The second-order valence-corrected chi connectivity index (χ2v) is 14.7. The van der Waals surface area contributed by atoms with E-state index in [-0.39, 0.29) is 12.5 Å². The molecule has 0 aliphatic heterocycles. The van der Waals surface area contributed by atoms with Crippen molar-refractivity contribution in [3.8, 4) is 11.1 Å². The van der Waals surface area contributed by atoms with Gasteiger partial charge in [-0.1, -0.05) is 86.0 Å². The van der Waals surface area contributed by atoms with Crippen molar-refractivity contribution in [3.05, 3.63) is 124 Å². The molecule has 47 heavy (non-hydrogen) atoms. The topological polar surface area (TPSA) is 113 Å². The number of anilines is 1. The van der Waals surface area contributed by atoms with Gasteiger partial charge in [0, 0.05) is 22.8 Å². The molecule has 1 atom stereocenters. The predicted octanol–water partition coefficient (Wildman–Crippen LogP) is 8.19. The van der Waals surface area contributed by atoms with E-state index in [0.717, 1.165) is 33.7 Å². The number of aryl methyl sites for hydroxylation is 1. The van der Waals surface area contributed by atoms with Crippen molar-refractivity contribution in [1.29, 1.82) is 0 Å². The molecule has 1 aliphatic carbocycles. The SMILES string of the molecule is Cc1cc(Cl)ccc1-c1ccc(NC(=O)[C@H](Cc2ccc(C(=O)NCCS(=O)(=O)O)cc2)c2ccc([C@H]3CC[C@H](C)CC3)cc2)cc1. The smallest absolute Gasteiger partial charge is 0.266 e. The highest BCUT2D eigenvalue weighted by atomic mass is 35.5. The van der Waals surface area contributed by atoms with Gasteiger partial charge in [0.1, 0.15) is 0 Å². The normalized spacial score (nSPS) is 17.1. The third-order valence-electron chi connectivity index (χ3n) is 9.10. The largest absolute Gasteiger partial charge is 0.351 e. The molecule has 0 unspecified atom stereocenters. The van der Waals surface area contributed by atoms with Crippen LogP contribution in [0.2, 0.25) is 5.02 Å². The molecule has 246 valence electrons. The summed E-state index contributed by atoms with van der Waals surface area (Å²) >= 11 is 6.14. The first-order valence-corrected chi connectivity index (χ1v) is 18.0. The molecule has 1 aliphatic rings. The minimum absolute atomic E-state index is 0.133. The molecular weight excluding hydrogens is 632 g/mol. The van der Waals surface area contributed by atoms with Crippen molar-refractivity contribution in [2.24, 2.45) is 5.92 Å². The van der Waals surface area contributed by atoms with Crippen molar-refractivity contribution in [1.82, 2.24) is 5.32 Å². The molecule has 0 heterocycles. The lowest BCUT2D eigenvalue weighted by molar-refractivity contribution is -0.117. The van der Waals surface area contributed by atoms with Gasteiger partial charge in [0.05, 0.1) is 11.7 Å². The van der Waals surface area contributed by atoms with E-state index < -0.39 is 27.7 Å². The van der Waals surface area contributed by atoms with Gasteiger partial charge in [0.2, 0.25) is 5.91 Å². The first-order chi connectivity index (χ1) is 22.4. The van der Waals surface area contributed by atoms with E-state index in [2.05, 4.69) is 41.8 Å². The minimum Gasteiger partial charge on any atom is -0.351 e. The zero-order valence-corrected chi connectivity index (χ0v) is 28.3. The van der Waals surface area contributed by atoms with E-state index in [4.69, 9.17) is 16.2 Å². The first-order valence-electron chi connectivity index (χ1n) is 16.0. The molecule has 0 aromatic heterocycles. The highest BCUT2D eigenvalue weighted by Gasteiger charge is 2.24. The Morgan fingerprint density at radius 3 is 2.17 bits per heavy atom. The molecule has 1 saturated carbocycles. The van der Waals surface area contributed by atoms with Crippen LogP contribution in [0.5, 0.6) is 0 Å². The third-order valence-corrected chi connectivity index (χ3v) is 10.1. The van der Waals surface area contributed by atoms with Gasteiger partial charge >= 0.3 is 0 Å². The molecule has 5 rings (SSSR count). The summed E-state index contributed by atoms with van der Waals surface area (Å²) in [6.07, 6.45) is 5.26.